The fraction of sp³-hybridized carbons (Fsp3) is 0.211. The van der Waals surface area contributed by atoms with Crippen LogP contribution in [0.3, 0.4) is 0 Å². The van der Waals surface area contributed by atoms with Crippen LogP contribution in [-0.2, 0) is 13.0 Å². The van der Waals surface area contributed by atoms with Gasteiger partial charge in [-0.3, -0.25) is 5.10 Å². The van der Waals surface area contributed by atoms with Crippen molar-refractivity contribution in [3.05, 3.63) is 71.9 Å². The van der Waals surface area contributed by atoms with Gasteiger partial charge in [0.2, 0.25) is 0 Å². The van der Waals surface area contributed by atoms with E-state index in [2.05, 4.69) is 29.3 Å². The Labute approximate surface area is 137 Å². The van der Waals surface area contributed by atoms with Gasteiger partial charge >= 0.3 is 0 Å². The van der Waals surface area contributed by atoms with E-state index in [4.69, 9.17) is 10.5 Å². The summed E-state index contributed by atoms with van der Waals surface area (Å²) >= 11 is 0. The predicted molar refractivity (Wildman–Crippen MR) is 94.3 cm³/mol. The molecule has 0 saturated carbocycles. The second-order valence-corrected chi connectivity index (χ2v) is 5.05. The van der Waals surface area contributed by atoms with E-state index in [1.165, 1.54) is 5.56 Å². The monoisotopic (exact) mass is 309 g/mol. The molecule has 120 valence electrons. The molecule has 0 aliphatic carbocycles. The molecule has 4 nitrogen and oxygen atoms in total. The number of methoxy groups -OCH3 is 1. The molecule has 0 fully saturated rings. The van der Waals surface area contributed by atoms with Crippen LogP contribution in [0.4, 0.5) is 0 Å². The summed E-state index contributed by atoms with van der Waals surface area (Å²) < 4.78 is 5.06. The Hall–Kier alpha value is -2.59. The van der Waals surface area contributed by atoms with Gasteiger partial charge in [0.15, 0.2) is 0 Å². The van der Waals surface area contributed by atoms with Gasteiger partial charge in [-0.2, -0.15) is 5.10 Å². The molecule has 0 aliphatic rings. The number of nitrogens with two attached hydrogens (primary N) is 1. The lowest BCUT2D eigenvalue weighted by molar-refractivity contribution is 0.414. The maximum Gasteiger partial charge on any atom is 0.119 e. The van der Waals surface area contributed by atoms with Crippen molar-refractivity contribution in [2.24, 2.45) is 5.73 Å². The van der Waals surface area contributed by atoms with E-state index in [1.807, 2.05) is 42.5 Å². The minimum atomic E-state index is 0.515. The number of benzene rings is 2. The molecule has 3 rings (SSSR count). The van der Waals surface area contributed by atoms with Crippen LogP contribution in [0.2, 0.25) is 0 Å². The van der Waals surface area contributed by atoms with Gasteiger partial charge in [0.1, 0.15) is 5.75 Å². The fourth-order valence-electron chi connectivity index (χ4n) is 2.21. The van der Waals surface area contributed by atoms with Gasteiger partial charge in [-0.05, 0) is 29.7 Å². The summed E-state index contributed by atoms with van der Waals surface area (Å²) in [6, 6.07) is 18.2. The van der Waals surface area contributed by atoms with Crippen molar-refractivity contribution in [1.29, 1.82) is 0 Å². The van der Waals surface area contributed by atoms with E-state index in [-0.39, 0.29) is 0 Å². The SMILES string of the molecule is CCc1cccc(OC)c1.NCc1cn[nH]c1-c1ccccc1. The summed E-state index contributed by atoms with van der Waals surface area (Å²) in [5, 5.41) is 6.91. The summed E-state index contributed by atoms with van der Waals surface area (Å²) in [5.74, 6) is 0.944. The highest BCUT2D eigenvalue weighted by molar-refractivity contribution is 5.62. The van der Waals surface area contributed by atoms with Gasteiger partial charge in [0.05, 0.1) is 19.0 Å². The van der Waals surface area contributed by atoms with Crippen LogP contribution < -0.4 is 10.5 Å². The zero-order valence-corrected chi connectivity index (χ0v) is 13.6. The smallest absolute Gasteiger partial charge is 0.119 e. The van der Waals surface area contributed by atoms with Crippen molar-refractivity contribution in [2.75, 3.05) is 7.11 Å². The van der Waals surface area contributed by atoms with Crippen LogP contribution in [0.15, 0.2) is 60.8 Å². The highest BCUT2D eigenvalue weighted by atomic mass is 16.5. The van der Waals surface area contributed by atoms with Crippen LogP contribution in [0, 0.1) is 0 Å². The van der Waals surface area contributed by atoms with Crippen molar-refractivity contribution in [2.45, 2.75) is 19.9 Å². The van der Waals surface area contributed by atoms with E-state index in [1.54, 1.807) is 13.3 Å². The van der Waals surface area contributed by atoms with Crippen LogP contribution in [0.1, 0.15) is 18.1 Å². The van der Waals surface area contributed by atoms with E-state index in [0.717, 1.165) is 29.0 Å². The molecule has 23 heavy (non-hydrogen) atoms. The largest absolute Gasteiger partial charge is 0.497 e. The minimum absolute atomic E-state index is 0.515. The second-order valence-electron chi connectivity index (χ2n) is 5.05. The topological polar surface area (TPSA) is 63.9 Å². The number of hydrogen-bond acceptors (Lipinski definition) is 3. The summed E-state index contributed by atoms with van der Waals surface area (Å²) in [5.41, 5.74) is 10.1. The van der Waals surface area contributed by atoms with Crippen LogP contribution in [0.5, 0.6) is 5.75 Å². The molecule has 0 radical (unpaired) electrons. The number of rotatable bonds is 4. The van der Waals surface area contributed by atoms with Gasteiger partial charge in [0, 0.05) is 12.1 Å². The molecule has 0 amide bonds. The second kappa shape index (κ2) is 8.76. The third kappa shape index (κ3) is 4.69. The highest BCUT2D eigenvalue weighted by Crippen LogP contribution is 2.19. The summed E-state index contributed by atoms with van der Waals surface area (Å²) in [6.07, 6.45) is 2.83. The molecule has 0 bridgehead atoms. The molecular formula is C19H23N3O. The van der Waals surface area contributed by atoms with E-state index in [9.17, 15) is 0 Å². The average molecular weight is 309 g/mol. The van der Waals surface area contributed by atoms with Crippen LogP contribution in [-0.4, -0.2) is 17.3 Å². The van der Waals surface area contributed by atoms with Gasteiger partial charge in [-0.1, -0.05) is 49.4 Å². The number of hydrogen-bond donors (Lipinski definition) is 2. The molecule has 3 aromatic rings. The Morgan fingerprint density at radius 2 is 1.87 bits per heavy atom. The van der Waals surface area contributed by atoms with Crippen molar-refractivity contribution < 1.29 is 4.74 Å². The fourth-order valence-corrected chi connectivity index (χ4v) is 2.21. The first-order valence-electron chi connectivity index (χ1n) is 7.69. The Balaban J connectivity index is 0.000000174. The van der Waals surface area contributed by atoms with Crippen molar-refractivity contribution in [3.63, 3.8) is 0 Å². The molecule has 0 saturated heterocycles. The molecule has 1 aromatic heterocycles. The first kappa shape index (κ1) is 16.8. The summed E-state index contributed by atoms with van der Waals surface area (Å²) in [6.45, 7) is 2.65. The van der Waals surface area contributed by atoms with Crippen LogP contribution >= 0.6 is 0 Å². The van der Waals surface area contributed by atoms with Gasteiger partial charge < -0.3 is 10.5 Å². The number of H-pyrrole nitrogens is 1. The predicted octanol–water partition coefficient (Wildman–Crippen LogP) is 3.79. The zero-order chi connectivity index (χ0) is 16.5. The standard InChI is InChI=1S/C10H11N3.C9H12O/c11-6-9-7-12-13-10(9)8-4-2-1-3-5-8;1-3-8-5-4-6-9(7-8)10-2/h1-5,7H,6,11H2,(H,12,13);4-7H,3H2,1-2H3. The van der Waals surface area contributed by atoms with E-state index < -0.39 is 0 Å². The number of aromatic amines is 1. The van der Waals surface area contributed by atoms with Gasteiger partial charge in [0.25, 0.3) is 0 Å². The van der Waals surface area contributed by atoms with E-state index in [0.29, 0.717) is 6.54 Å². The lowest BCUT2D eigenvalue weighted by Crippen LogP contribution is -1.96. The number of aryl methyl sites for hydroxylation is 1. The van der Waals surface area contributed by atoms with Crippen molar-refractivity contribution in [3.8, 4) is 17.0 Å². The molecule has 4 heteroatoms. The number of aromatic nitrogens is 2. The third-order valence-corrected chi connectivity index (χ3v) is 3.54. The molecular weight excluding hydrogens is 286 g/mol. The lowest BCUT2D eigenvalue weighted by atomic mass is 10.1. The maximum absolute atomic E-state index is 5.57. The Morgan fingerprint density at radius 3 is 2.52 bits per heavy atom. The molecule has 3 N–H and O–H groups in total. The first-order valence-corrected chi connectivity index (χ1v) is 7.69. The molecule has 0 spiro atoms. The first-order chi connectivity index (χ1) is 11.3. The zero-order valence-electron chi connectivity index (χ0n) is 13.6. The Morgan fingerprint density at radius 1 is 1.09 bits per heavy atom. The van der Waals surface area contributed by atoms with Crippen LogP contribution in [0.25, 0.3) is 11.3 Å². The molecule has 2 aromatic carbocycles. The van der Waals surface area contributed by atoms with E-state index >= 15 is 0 Å². The van der Waals surface area contributed by atoms with Crippen molar-refractivity contribution in [1.82, 2.24) is 10.2 Å². The van der Waals surface area contributed by atoms with Crippen molar-refractivity contribution >= 4 is 0 Å². The van der Waals surface area contributed by atoms with Gasteiger partial charge in [-0.25, -0.2) is 0 Å². The molecule has 0 atom stereocenters. The third-order valence-electron chi connectivity index (χ3n) is 3.54. The quantitative estimate of drug-likeness (QED) is 0.770. The summed E-state index contributed by atoms with van der Waals surface area (Å²) in [7, 11) is 1.69. The maximum atomic E-state index is 5.57. The lowest BCUT2D eigenvalue weighted by Gasteiger charge is -2.00. The number of nitrogens with zero attached hydrogens (tertiary/aromatic N) is 1. The Bertz CT molecular complexity index is 688. The minimum Gasteiger partial charge on any atom is -0.497 e. The molecule has 1 heterocycles. The highest BCUT2D eigenvalue weighted by Gasteiger charge is 2.04. The van der Waals surface area contributed by atoms with Gasteiger partial charge in [-0.15, -0.1) is 0 Å². The Kier molecular flexibility index (Phi) is 6.39. The summed E-state index contributed by atoms with van der Waals surface area (Å²) in [4.78, 5) is 0. The number of ether oxygens (including phenoxy) is 1. The molecule has 0 unspecified atom stereocenters. The normalized spacial score (nSPS) is 9.87. The average Bonchev–Trinajstić information content (AvgIpc) is 3.12. The molecule has 0 aliphatic heterocycles. The number of nitrogens with one attached hydrogen (secondary N) is 1.